The van der Waals surface area contributed by atoms with Crippen LogP contribution in [-0.2, 0) is 10.3 Å². The Hall–Kier alpha value is -2.05. The van der Waals surface area contributed by atoms with Gasteiger partial charge < -0.3 is 19.8 Å². The van der Waals surface area contributed by atoms with Gasteiger partial charge in [0.1, 0.15) is 22.0 Å². The van der Waals surface area contributed by atoms with E-state index in [1.54, 1.807) is 6.07 Å². The van der Waals surface area contributed by atoms with Crippen LogP contribution in [0, 0.1) is 5.92 Å². The third-order valence-electron chi connectivity index (χ3n) is 4.39. The summed E-state index contributed by atoms with van der Waals surface area (Å²) >= 11 is 6.11. The van der Waals surface area contributed by atoms with Crippen molar-refractivity contribution in [1.29, 1.82) is 0 Å². The number of aromatic amines is 1. The molecule has 0 aromatic carbocycles. The van der Waals surface area contributed by atoms with Gasteiger partial charge in [0.05, 0.1) is 26.0 Å². The first-order valence-electron chi connectivity index (χ1n) is 7.99. The predicted molar refractivity (Wildman–Crippen MR) is 88.2 cm³/mol. The molecule has 1 aliphatic carbocycles. The molecular weight excluding hydrogens is 330 g/mol. The lowest BCUT2D eigenvalue weighted by Gasteiger charge is -2.41. The van der Waals surface area contributed by atoms with Gasteiger partial charge in [-0.2, -0.15) is 0 Å². The van der Waals surface area contributed by atoms with Crippen LogP contribution in [0.4, 0.5) is 0 Å². The van der Waals surface area contributed by atoms with E-state index in [1.165, 1.54) is 19.0 Å². The van der Waals surface area contributed by atoms with Gasteiger partial charge in [-0.15, -0.1) is 0 Å². The molecule has 6 nitrogen and oxygen atoms in total. The lowest BCUT2D eigenvalue weighted by atomic mass is 9.93. The van der Waals surface area contributed by atoms with Gasteiger partial charge >= 0.3 is 0 Å². The lowest BCUT2D eigenvalue weighted by Crippen LogP contribution is -2.59. The van der Waals surface area contributed by atoms with Gasteiger partial charge in [-0.1, -0.05) is 11.6 Å². The number of aromatic nitrogens is 2. The van der Waals surface area contributed by atoms with Crippen LogP contribution in [-0.4, -0.2) is 35.7 Å². The van der Waals surface area contributed by atoms with Crippen LogP contribution in [0.15, 0.2) is 30.6 Å². The molecule has 0 atom stereocenters. The first-order chi connectivity index (χ1) is 11.7. The number of rotatable bonds is 6. The summed E-state index contributed by atoms with van der Waals surface area (Å²) in [5.41, 5.74) is 0.668. The average Bonchev–Trinajstić information content (AvgIpc) is 3.21. The highest BCUT2D eigenvalue weighted by atomic mass is 35.5. The number of H-pyrrole nitrogens is 1. The molecule has 0 spiro atoms. The number of amides is 1. The summed E-state index contributed by atoms with van der Waals surface area (Å²) in [7, 11) is 0. The molecule has 0 radical (unpaired) electrons. The van der Waals surface area contributed by atoms with Crippen molar-refractivity contribution >= 4 is 17.5 Å². The molecule has 2 N–H and O–H groups in total. The van der Waals surface area contributed by atoms with Gasteiger partial charge in [0.25, 0.3) is 5.91 Å². The number of nitrogens with one attached hydrogen (secondary N) is 2. The summed E-state index contributed by atoms with van der Waals surface area (Å²) in [6.07, 6.45) is 5.66. The van der Waals surface area contributed by atoms with Crippen molar-refractivity contribution in [2.24, 2.45) is 5.92 Å². The highest BCUT2D eigenvalue weighted by Crippen LogP contribution is 2.32. The first kappa shape index (κ1) is 15.5. The Balaban J connectivity index is 1.50. The zero-order valence-electron chi connectivity index (χ0n) is 13.0. The predicted octanol–water partition coefficient (Wildman–Crippen LogP) is 2.51. The summed E-state index contributed by atoms with van der Waals surface area (Å²) in [5, 5.41) is 3.43. The van der Waals surface area contributed by atoms with Crippen molar-refractivity contribution in [2.75, 3.05) is 19.8 Å². The van der Waals surface area contributed by atoms with Crippen molar-refractivity contribution in [2.45, 2.75) is 18.4 Å². The van der Waals surface area contributed by atoms with Crippen molar-refractivity contribution < 1.29 is 14.3 Å². The largest absolute Gasteiger partial charge is 0.492 e. The van der Waals surface area contributed by atoms with Crippen LogP contribution in [0.2, 0.25) is 5.02 Å². The molecule has 2 fully saturated rings. The number of carbonyl (C=O) groups is 1. The molecule has 1 saturated heterocycles. The number of pyridine rings is 1. The minimum absolute atomic E-state index is 0.277. The number of ether oxygens (including phenoxy) is 2. The highest BCUT2D eigenvalue weighted by molar-refractivity contribution is 6.32. The molecule has 24 heavy (non-hydrogen) atoms. The van der Waals surface area contributed by atoms with Gasteiger partial charge in [-0.3, -0.25) is 4.79 Å². The Morgan fingerprint density at radius 2 is 2.33 bits per heavy atom. The molecule has 1 aliphatic heterocycles. The van der Waals surface area contributed by atoms with Gasteiger partial charge in [-0.05, 0) is 30.9 Å². The fraction of sp³-hybridized carbons (Fsp3) is 0.412. The Morgan fingerprint density at radius 1 is 1.50 bits per heavy atom. The van der Waals surface area contributed by atoms with Gasteiger partial charge in [-0.25, -0.2) is 4.98 Å². The molecule has 4 rings (SSSR count). The summed E-state index contributed by atoms with van der Waals surface area (Å²) < 4.78 is 11.0. The van der Waals surface area contributed by atoms with E-state index in [0.29, 0.717) is 36.5 Å². The maximum atomic E-state index is 12.6. The smallest absolute Gasteiger partial charge is 0.270 e. The quantitative estimate of drug-likeness (QED) is 0.841. The Bertz CT molecular complexity index is 740. The van der Waals surface area contributed by atoms with Gasteiger partial charge in [0.2, 0.25) is 0 Å². The SMILES string of the molecule is O=C(NC1(c2ccc[nH]2)COC1)c1cc(OCC2CC2)c(Cl)cn1. The number of hydrogen-bond donors (Lipinski definition) is 2. The van der Waals surface area contributed by atoms with E-state index in [2.05, 4.69) is 15.3 Å². The van der Waals surface area contributed by atoms with Crippen molar-refractivity contribution in [3.63, 3.8) is 0 Å². The van der Waals surface area contributed by atoms with E-state index < -0.39 is 5.54 Å². The Labute approximate surface area is 144 Å². The minimum atomic E-state index is -0.531. The minimum Gasteiger partial charge on any atom is -0.492 e. The normalized spacial score (nSPS) is 18.7. The average molecular weight is 348 g/mol. The fourth-order valence-corrected chi connectivity index (χ4v) is 2.82. The highest BCUT2D eigenvalue weighted by Gasteiger charge is 2.43. The van der Waals surface area contributed by atoms with E-state index in [9.17, 15) is 4.79 Å². The van der Waals surface area contributed by atoms with Gasteiger partial charge in [0, 0.05) is 18.0 Å². The summed E-state index contributed by atoms with van der Waals surface area (Å²) in [5.74, 6) is 0.832. The Kier molecular flexibility index (Phi) is 3.94. The monoisotopic (exact) mass is 347 g/mol. The van der Waals surface area contributed by atoms with E-state index in [-0.39, 0.29) is 11.6 Å². The second kappa shape index (κ2) is 6.11. The van der Waals surface area contributed by atoms with E-state index >= 15 is 0 Å². The van der Waals surface area contributed by atoms with Crippen LogP contribution in [0.25, 0.3) is 0 Å². The number of carbonyl (C=O) groups excluding carboxylic acids is 1. The number of hydrogen-bond acceptors (Lipinski definition) is 4. The van der Waals surface area contributed by atoms with Crippen LogP contribution in [0.3, 0.4) is 0 Å². The van der Waals surface area contributed by atoms with Crippen molar-refractivity contribution in [1.82, 2.24) is 15.3 Å². The molecule has 126 valence electrons. The number of nitrogens with zero attached hydrogens (tertiary/aromatic N) is 1. The standard InChI is InChI=1S/C17H18ClN3O3/c18-12-7-20-13(6-14(12)24-8-11-3-4-11)16(22)21-17(9-23-10-17)15-2-1-5-19-15/h1-2,5-7,11,19H,3-4,8-10H2,(H,21,22). The maximum Gasteiger partial charge on any atom is 0.270 e. The van der Waals surface area contributed by atoms with Crippen LogP contribution in [0.1, 0.15) is 29.0 Å². The second-order valence-electron chi connectivity index (χ2n) is 6.37. The third-order valence-corrected chi connectivity index (χ3v) is 4.67. The molecular formula is C17H18ClN3O3. The lowest BCUT2D eigenvalue weighted by molar-refractivity contribution is -0.0753. The van der Waals surface area contributed by atoms with E-state index in [1.807, 2.05) is 18.3 Å². The molecule has 2 aromatic rings. The molecule has 2 aromatic heterocycles. The zero-order valence-corrected chi connectivity index (χ0v) is 13.8. The molecule has 1 saturated carbocycles. The first-order valence-corrected chi connectivity index (χ1v) is 8.36. The molecule has 1 amide bonds. The van der Waals surface area contributed by atoms with Crippen LogP contribution >= 0.6 is 11.6 Å². The Morgan fingerprint density at radius 3 is 2.96 bits per heavy atom. The van der Waals surface area contributed by atoms with Crippen molar-refractivity contribution in [3.8, 4) is 5.75 Å². The van der Waals surface area contributed by atoms with E-state index in [0.717, 1.165) is 5.69 Å². The zero-order chi connectivity index (χ0) is 16.6. The molecule has 2 aliphatic rings. The number of halogens is 1. The topological polar surface area (TPSA) is 76.2 Å². The summed E-state index contributed by atoms with van der Waals surface area (Å²) in [6.45, 7) is 1.49. The molecule has 3 heterocycles. The third kappa shape index (κ3) is 2.99. The molecule has 0 bridgehead atoms. The summed E-state index contributed by atoms with van der Waals surface area (Å²) in [4.78, 5) is 19.9. The fourth-order valence-electron chi connectivity index (χ4n) is 2.66. The summed E-state index contributed by atoms with van der Waals surface area (Å²) in [6, 6.07) is 5.43. The van der Waals surface area contributed by atoms with Crippen molar-refractivity contribution in [3.05, 3.63) is 47.0 Å². The van der Waals surface area contributed by atoms with Crippen LogP contribution < -0.4 is 10.1 Å². The molecule has 0 unspecified atom stereocenters. The molecule has 7 heteroatoms. The maximum absolute atomic E-state index is 12.6. The second-order valence-corrected chi connectivity index (χ2v) is 6.77. The van der Waals surface area contributed by atoms with Gasteiger partial charge in [0.15, 0.2) is 0 Å². The van der Waals surface area contributed by atoms with E-state index in [4.69, 9.17) is 21.1 Å². The van der Waals surface area contributed by atoms with Crippen LogP contribution in [0.5, 0.6) is 5.75 Å².